The van der Waals surface area contributed by atoms with E-state index in [-0.39, 0.29) is 0 Å². The first-order valence-corrected chi connectivity index (χ1v) is 7.95. The molecule has 4 nitrogen and oxygen atoms in total. The van der Waals surface area contributed by atoms with Crippen LogP contribution in [0.3, 0.4) is 0 Å². The van der Waals surface area contributed by atoms with Crippen LogP contribution in [0.5, 0.6) is 0 Å². The van der Waals surface area contributed by atoms with Gasteiger partial charge in [0.25, 0.3) is 0 Å². The van der Waals surface area contributed by atoms with Gasteiger partial charge >= 0.3 is 0 Å². The van der Waals surface area contributed by atoms with Crippen molar-refractivity contribution >= 4 is 23.1 Å². The van der Waals surface area contributed by atoms with Gasteiger partial charge < -0.3 is 5.32 Å². The van der Waals surface area contributed by atoms with Gasteiger partial charge in [0.1, 0.15) is 5.69 Å². The van der Waals surface area contributed by atoms with E-state index in [1.165, 1.54) is 0 Å². The summed E-state index contributed by atoms with van der Waals surface area (Å²) in [6.45, 7) is 2.03. The summed E-state index contributed by atoms with van der Waals surface area (Å²) in [5, 5.41) is 20.4. The van der Waals surface area contributed by atoms with E-state index in [0.29, 0.717) is 27.8 Å². The van der Waals surface area contributed by atoms with Crippen molar-refractivity contribution < 1.29 is 0 Å². The fraction of sp³-hybridized carbons (Fsp3) is 0.105. The second kappa shape index (κ2) is 6.81. The lowest BCUT2D eigenvalue weighted by Crippen LogP contribution is -2.10. The Morgan fingerprint density at radius 1 is 1.00 bits per heavy atom. The highest BCUT2D eigenvalue weighted by atomic mass is 35.5. The number of hydrogen-bond donors (Lipinski definition) is 2. The molecule has 0 aliphatic heterocycles. The molecule has 3 aromatic rings. The fourth-order valence-corrected chi connectivity index (χ4v) is 2.80. The SMILES string of the molecule is CNc1nnc(-c2ccc(C)cc2)c(Cl)c1C(=N)c1ccccc1. The second-order valence-electron chi connectivity index (χ2n) is 5.44. The Bertz CT molecular complexity index is 874. The number of hydrogen-bond acceptors (Lipinski definition) is 4. The zero-order valence-electron chi connectivity index (χ0n) is 13.5. The maximum absolute atomic E-state index is 8.56. The van der Waals surface area contributed by atoms with E-state index < -0.39 is 0 Å². The highest BCUT2D eigenvalue weighted by Gasteiger charge is 2.20. The number of halogens is 1. The molecule has 120 valence electrons. The molecule has 1 aromatic heterocycles. The molecule has 0 radical (unpaired) electrons. The van der Waals surface area contributed by atoms with Gasteiger partial charge in [-0.25, -0.2) is 0 Å². The monoisotopic (exact) mass is 336 g/mol. The summed E-state index contributed by atoms with van der Waals surface area (Å²) in [5.41, 5.74) is 4.25. The topological polar surface area (TPSA) is 61.7 Å². The van der Waals surface area contributed by atoms with Crippen LogP contribution in [-0.4, -0.2) is 23.0 Å². The lowest BCUT2D eigenvalue weighted by Gasteiger charge is -2.14. The van der Waals surface area contributed by atoms with Gasteiger partial charge in [0.2, 0.25) is 0 Å². The van der Waals surface area contributed by atoms with E-state index in [4.69, 9.17) is 17.0 Å². The molecular weight excluding hydrogens is 320 g/mol. The van der Waals surface area contributed by atoms with Crippen molar-refractivity contribution in [2.24, 2.45) is 0 Å². The zero-order valence-corrected chi connectivity index (χ0v) is 14.2. The lowest BCUT2D eigenvalue weighted by atomic mass is 10.0. The third-order valence-corrected chi connectivity index (χ3v) is 4.16. The highest BCUT2D eigenvalue weighted by Crippen LogP contribution is 2.33. The molecule has 24 heavy (non-hydrogen) atoms. The molecule has 0 bridgehead atoms. The smallest absolute Gasteiger partial charge is 0.159 e. The van der Waals surface area contributed by atoms with E-state index >= 15 is 0 Å². The van der Waals surface area contributed by atoms with Crippen molar-refractivity contribution in [3.63, 3.8) is 0 Å². The first kappa shape index (κ1) is 16.1. The van der Waals surface area contributed by atoms with Crippen LogP contribution in [0.4, 0.5) is 5.82 Å². The van der Waals surface area contributed by atoms with Crippen LogP contribution >= 0.6 is 11.6 Å². The lowest BCUT2D eigenvalue weighted by molar-refractivity contribution is 1.03. The third kappa shape index (κ3) is 3.01. The molecule has 0 atom stereocenters. The number of aromatic nitrogens is 2. The first-order chi connectivity index (χ1) is 11.6. The Morgan fingerprint density at radius 3 is 2.29 bits per heavy atom. The summed E-state index contributed by atoms with van der Waals surface area (Å²) in [4.78, 5) is 0. The minimum atomic E-state index is 0.313. The first-order valence-electron chi connectivity index (χ1n) is 7.57. The minimum Gasteiger partial charge on any atom is -0.371 e. The maximum Gasteiger partial charge on any atom is 0.159 e. The van der Waals surface area contributed by atoms with Crippen molar-refractivity contribution in [1.82, 2.24) is 10.2 Å². The Balaban J connectivity index is 2.16. The molecule has 5 heteroatoms. The van der Waals surface area contributed by atoms with Crippen LogP contribution in [0.2, 0.25) is 5.02 Å². The molecule has 0 saturated carbocycles. The van der Waals surface area contributed by atoms with E-state index in [0.717, 1.165) is 16.7 Å². The Kier molecular flexibility index (Phi) is 4.58. The molecule has 1 heterocycles. The molecule has 2 aromatic carbocycles. The normalized spacial score (nSPS) is 10.5. The second-order valence-corrected chi connectivity index (χ2v) is 5.82. The largest absolute Gasteiger partial charge is 0.371 e. The van der Waals surface area contributed by atoms with Gasteiger partial charge in [-0.2, -0.15) is 0 Å². The van der Waals surface area contributed by atoms with Crippen LogP contribution in [0.25, 0.3) is 11.3 Å². The molecule has 0 unspecified atom stereocenters. The average Bonchev–Trinajstić information content (AvgIpc) is 2.62. The fourth-order valence-electron chi connectivity index (χ4n) is 2.46. The summed E-state index contributed by atoms with van der Waals surface area (Å²) >= 11 is 6.63. The quantitative estimate of drug-likeness (QED) is 0.686. The molecule has 0 amide bonds. The van der Waals surface area contributed by atoms with Gasteiger partial charge in [0.15, 0.2) is 5.82 Å². The van der Waals surface area contributed by atoms with Crippen molar-refractivity contribution in [3.8, 4) is 11.3 Å². The summed E-state index contributed by atoms with van der Waals surface area (Å²) in [7, 11) is 1.74. The molecule has 3 rings (SSSR count). The Labute approximate surface area is 146 Å². The van der Waals surface area contributed by atoms with Crippen molar-refractivity contribution in [2.75, 3.05) is 12.4 Å². The van der Waals surface area contributed by atoms with Crippen LogP contribution in [-0.2, 0) is 0 Å². The number of anilines is 1. The third-order valence-electron chi connectivity index (χ3n) is 3.79. The van der Waals surface area contributed by atoms with Gasteiger partial charge in [-0.15, -0.1) is 10.2 Å². The van der Waals surface area contributed by atoms with Crippen molar-refractivity contribution in [2.45, 2.75) is 6.92 Å². The number of aryl methyl sites for hydroxylation is 1. The molecule has 0 saturated heterocycles. The van der Waals surface area contributed by atoms with Gasteiger partial charge in [-0.1, -0.05) is 71.8 Å². The molecule has 0 aliphatic carbocycles. The Morgan fingerprint density at radius 2 is 1.67 bits per heavy atom. The number of nitrogens with one attached hydrogen (secondary N) is 2. The molecule has 0 aliphatic rings. The van der Waals surface area contributed by atoms with Crippen LogP contribution in [0.15, 0.2) is 54.6 Å². The number of benzene rings is 2. The summed E-state index contributed by atoms with van der Waals surface area (Å²) < 4.78 is 0. The van der Waals surface area contributed by atoms with Gasteiger partial charge in [0.05, 0.1) is 16.3 Å². The average molecular weight is 337 g/mol. The molecule has 0 fully saturated rings. The van der Waals surface area contributed by atoms with E-state index in [1.54, 1.807) is 7.05 Å². The standard InChI is InChI=1S/C19H17ClN4/c1-12-8-10-14(11-9-12)18-16(20)15(19(22-2)24-23-18)17(21)13-6-4-3-5-7-13/h3-11,21H,1-2H3,(H,22,24). The minimum absolute atomic E-state index is 0.313. The van der Waals surface area contributed by atoms with E-state index in [9.17, 15) is 0 Å². The zero-order chi connectivity index (χ0) is 17.1. The molecule has 2 N–H and O–H groups in total. The summed E-state index contributed by atoms with van der Waals surface area (Å²) in [5.74, 6) is 0.490. The van der Waals surface area contributed by atoms with Crippen molar-refractivity contribution in [1.29, 1.82) is 5.41 Å². The Hall–Kier alpha value is -2.72. The maximum atomic E-state index is 8.56. The summed E-state index contributed by atoms with van der Waals surface area (Å²) in [6.07, 6.45) is 0. The number of rotatable bonds is 4. The highest BCUT2D eigenvalue weighted by molar-refractivity contribution is 6.38. The van der Waals surface area contributed by atoms with Crippen LogP contribution in [0.1, 0.15) is 16.7 Å². The van der Waals surface area contributed by atoms with E-state index in [1.807, 2.05) is 61.5 Å². The van der Waals surface area contributed by atoms with Crippen LogP contribution in [0, 0.1) is 12.3 Å². The van der Waals surface area contributed by atoms with Gasteiger partial charge in [-0.3, -0.25) is 5.41 Å². The van der Waals surface area contributed by atoms with Crippen LogP contribution < -0.4 is 5.32 Å². The molecular formula is C19H17ClN4. The van der Waals surface area contributed by atoms with Gasteiger partial charge in [0, 0.05) is 18.2 Å². The number of nitrogens with zero attached hydrogens (tertiary/aromatic N) is 2. The summed E-state index contributed by atoms with van der Waals surface area (Å²) in [6, 6.07) is 17.4. The van der Waals surface area contributed by atoms with E-state index in [2.05, 4.69) is 15.5 Å². The predicted octanol–water partition coefficient (Wildman–Crippen LogP) is 4.56. The molecule has 0 spiro atoms. The predicted molar refractivity (Wildman–Crippen MR) is 99.1 cm³/mol. The van der Waals surface area contributed by atoms with Crippen molar-refractivity contribution in [3.05, 3.63) is 76.3 Å². The van der Waals surface area contributed by atoms with Gasteiger partial charge in [-0.05, 0) is 6.92 Å².